The summed E-state index contributed by atoms with van der Waals surface area (Å²) in [6.07, 6.45) is -0.0686. The molecule has 0 bridgehead atoms. The fourth-order valence-corrected chi connectivity index (χ4v) is 1.46. The zero-order chi connectivity index (χ0) is 12.1. The van der Waals surface area contributed by atoms with Gasteiger partial charge in [-0.3, -0.25) is 14.4 Å². The van der Waals surface area contributed by atoms with Crippen LogP contribution >= 0.6 is 0 Å². The summed E-state index contributed by atoms with van der Waals surface area (Å²) in [5.41, 5.74) is 0. The van der Waals surface area contributed by atoms with Gasteiger partial charge in [0.1, 0.15) is 6.54 Å². The number of rotatable bonds is 4. The molecule has 1 rings (SSSR count). The molecule has 7 heteroatoms. The predicted octanol–water partition coefficient (Wildman–Crippen LogP) is -1.44. The molecule has 0 saturated carbocycles. The Bertz CT molecular complexity index is 360. The maximum Gasteiger partial charge on any atom is 0.308 e. The van der Waals surface area contributed by atoms with Crippen molar-refractivity contribution in [1.29, 1.82) is 5.26 Å². The number of hydrogen-bond acceptors (Lipinski definition) is 4. The average molecular weight is 225 g/mol. The number of likely N-dealkylation sites (tertiary alicyclic amines) is 1. The third kappa shape index (κ3) is 2.95. The summed E-state index contributed by atoms with van der Waals surface area (Å²) in [6.45, 7) is -0.262. The van der Waals surface area contributed by atoms with Crippen molar-refractivity contribution in [1.82, 2.24) is 10.2 Å². The van der Waals surface area contributed by atoms with Crippen LogP contribution in [-0.4, -0.2) is 47.4 Å². The van der Waals surface area contributed by atoms with E-state index < -0.39 is 17.8 Å². The first-order valence-corrected chi connectivity index (χ1v) is 4.69. The smallest absolute Gasteiger partial charge is 0.308 e. The van der Waals surface area contributed by atoms with E-state index >= 15 is 0 Å². The van der Waals surface area contributed by atoms with Gasteiger partial charge in [0.2, 0.25) is 11.8 Å². The molecule has 0 aromatic carbocycles. The molecule has 0 radical (unpaired) electrons. The molecule has 0 aromatic heterocycles. The lowest BCUT2D eigenvalue weighted by Crippen LogP contribution is -2.38. The molecule has 1 heterocycles. The molecule has 1 saturated heterocycles. The Balaban J connectivity index is 2.44. The Morgan fingerprint density at radius 3 is 2.81 bits per heavy atom. The van der Waals surface area contributed by atoms with E-state index in [1.54, 1.807) is 6.07 Å². The molecule has 1 unspecified atom stereocenters. The van der Waals surface area contributed by atoms with Crippen LogP contribution < -0.4 is 5.32 Å². The van der Waals surface area contributed by atoms with Crippen LogP contribution in [0.1, 0.15) is 6.42 Å². The van der Waals surface area contributed by atoms with Gasteiger partial charge in [0.05, 0.1) is 18.5 Å². The van der Waals surface area contributed by atoms with Gasteiger partial charge in [-0.15, -0.1) is 0 Å². The Morgan fingerprint density at radius 1 is 1.62 bits per heavy atom. The number of nitrogens with one attached hydrogen (secondary N) is 1. The quantitative estimate of drug-likeness (QED) is 0.569. The predicted molar refractivity (Wildman–Crippen MR) is 50.9 cm³/mol. The van der Waals surface area contributed by atoms with E-state index in [0.29, 0.717) is 0 Å². The second-order valence-corrected chi connectivity index (χ2v) is 3.45. The van der Waals surface area contributed by atoms with E-state index in [4.69, 9.17) is 10.4 Å². The first-order chi connectivity index (χ1) is 7.54. The van der Waals surface area contributed by atoms with Gasteiger partial charge in [-0.25, -0.2) is 0 Å². The Hall–Kier alpha value is -2.10. The number of carboxylic acids is 1. The lowest BCUT2D eigenvalue weighted by Gasteiger charge is -2.14. The minimum Gasteiger partial charge on any atom is -0.481 e. The molecule has 0 spiro atoms. The van der Waals surface area contributed by atoms with Gasteiger partial charge < -0.3 is 15.3 Å². The fraction of sp³-hybridized carbons (Fsp3) is 0.556. The van der Waals surface area contributed by atoms with Crippen LogP contribution in [0, 0.1) is 17.2 Å². The zero-order valence-corrected chi connectivity index (χ0v) is 8.47. The van der Waals surface area contributed by atoms with Gasteiger partial charge >= 0.3 is 5.97 Å². The molecular weight excluding hydrogens is 214 g/mol. The second-order valence-electron chi connectivity index (χ2n) is 3.45. The van der Waals surface area contributed by atoms with Gasteiger partial charge in [-0.05, 0) is 0 Å². The number of amides is 2. The summed E-state index contributed by atoms with van der Waals surface area (Å²) in [4.78, 5) is 34.3. The standard InChI is InChI=1S/C9H11N3O4/c10-1-2-11-7(13)5-12-4-6(9(15)16)3-8(12)14/h6H,2-5H2,(H,11,13)(H,15,16). The van der Waals surface area contributed by atoms with Crippen molar-refractivity contribution in [2.75, 3.05) is 19.6 Å². The maximum atomic E-state index is 11.3. The Kier molecular flexibility index (Phi) is 3.83. The highest BCUT2D eigenvalue weighted by Gasteiger charge is 2.34. The van der Waals surface area contributed by atoms with Crippen molar-refractivity contribution in [3.05, 3.63) is 0 Å². The van der Waals surface area contributed by atoms with Crippen LogP contribution in [0.5, 0.6) is 0 Å². The first-order valence-electron chi connectivity index (χ1n) is 4.69. The number of aliphatic carboxylic acids is 1. The topological polar surface area (TPSA) is 110 Å². The summed E-state index contributed by atoms with van der Waals surface area (Å²) < 4.78 is 0. The van der Waals surface area contributed by atoms with E-state index in [2.05, 4.69) is 5.32 Å². The monoisotopic (exact) mass is 225 g/mol. The molecule has 86 valence electrons. The van der Waals surface area contributed by atoms with E-state index in [1.165, 1.54) is 4.90 Å². The lowest BCUT2D eigenvalue weighted by atomic mass is 10.1. The number of carbonyl (C=O) groups is 3. The van der Waals surface area contributed by atoms with Gasteiger partial charge in [0, 0.05) is 13.0 Å². The molecule has 0 aliphatic carbocycles. The van der Waals surface area contributed by atoms with Crippen LogP contribution in [0.15, 0.2) is 0 Å². The van der Waals surface area contributed by atoms with Crippen molar-refractivity contribution in [2.24, 2.45) is 5.92 Å². The van der Waals surface area contributed by atoms with Crippen LogP contribution in [0.2, 0.25) is 0 Å². The van der Waals surface area contributed by atoms with Gasteiger partial charge in [-0.2, -0.15) is 5.26 Å². The number of carbonyl (C=O) groups excluding carboxylic acids is 2. The normalized spacial score (nSPS) is 19.3. The van der Waals surface area contributed by atoms with Crippen LogP contribution in [-0.2, 0) is 14.4 Å². The number of hydrogen-bond donors (Lipinski definition) is 2. The van der Waals surface area contributed by atoms with Crippen molar-refractivity contribution in [2.45, 2.75) is 6.42 Å². The molecule has 1 aliphatic rings. The summed E-state index contributed by atoms with van der Waals surface area (Å²) >= 11 is 0. The van der Waals surface area contributed by atoms with Gasteiger partial charge in [0.15, 0.2) is 0 Å². The summed E-state index contributed by atoms with van der Waals surface area (Å²) in [6, 6.07) is 1.73. The van der Waals surface area contributed by atoms with Crippen LogP contribution in [0.4, 0.5) is 0 Å². The van der Waals surface area contributed by atoms with E-state index in [-0.39, 0.29) is 32.0 Å². The Labute approximate surface area is 91.6 Å². The highest BCUT2D eigenvalue weighted by atomic mass is 16.4. The molecule has 7 nitrogen and oxygen atoms in total. The minimum absolute atomic E-state index is 0.0497. The minimum atomic E-state index is -1.03. The van der Waals surface area contributed by atoms with Crippen molar-refractivity contribution < 1.29 is 19.5 Å². The highest BCUT2D eigenvalue weighted by Crippen LogP contribution is 2.17. The van der Waals surface area contributed by atoms with E-state index in [0.717, 1.165) is 0 Å². The maximum absolute atomic E-state index is 11.3. The average Bonchev–Trinajstić information content (AvgIpc) is 2.57. The number of carboxylic acid groups (broad SMARTS) is 1. The zero-order valence-electron chi connectivity index (χ0n) is 8.47. The molecule has 1 atom stereocenters. The third-order valence-corrected chi connectivity index (χ3v) is 2.26. The molecule has 2 N–H and O–H groups in total. The largest absolute Gasteiger partial charge is 0.481 e. The molecule has 0 aromatic rings. The number of nitrogens with zero attached hydrogens (tertiary/aromatic N) is 2. The van der Waals surface area contributed by atoms with Crippen molar-refractivity contribution in [3.63, 3.8) is 0 Å². The second kappa shape index (κ2) is 5.11. The van der Waals surface area contributed by atoms with E-state index in [1.807, 2.05) is 0 Å². The summed E-state index contributed by atoms with van der Waals surface area (Å²) in [7, 11) is 0. The molecule has 2 amide bonds. The first kappa shape index (κ1) is 12.0. The van der Waals surface area contributed by atoms with Crippen molar-refractivity contribution in [3.8, 4) is 6.07 Å². The van der Waals surface area contributed by atoms with E-state index in [9.17, 15) is 14.4 Å². The van der Waals surface area contributed by atoms with Crippen LogP contribution in [0.3, 0.4) is 0 Å². The Morgan fingerprint density at radius 2 is 2.31 bits per heavy atom. The molecule has 16 heavy (non-hydrogen) atoms. The molecule has 1 fully saturated rings. The highest BCUT2D eigenvalue weighted by molar-refractivity contribution is 5.89. The number of nitriles is 1. The summed E-state index contributed by atoms with van der Waals surface area (Å²) in [5.74, 6) is -2.58. The van der Waals surface area contributed by atoms with Crippen molar-refractivity contribution >= 4 is 17.8 Å². The fourth-order valence-electron chi connectivity index (χ4n) is 1.46. The van der Waals surface area contributed by atoms with Gasteiger partial charge in [-0.1, -0.05) is 0 Å². The molecule has 1 aliphatic heterocycles. The lowest BCUT2D eigenvalue weighted by molar-refractivity contribution is -0.141. The van der Waals surface area contributed by atoms with Crippen LogP contribution in [0.25, 0.3) is 0 Å². The summed E-state index contributed by atoms with van der Waals surface area (Å²) in [5, 5.41) is 19.2. The third-order valence-electron chi connectivity index (χ3n) is 2.26. The molecular formula is C9H11N3O4. The van der Waals surface area contributed by atoms with Gasteiger partial charge in [0.25, 0.3) is 0 Å². The SMILES string of the molecule is N#CCNC(=O)CN1CC(C(=O)O)CC1=O.